The maximum Gasteiger partial charge on any atom is 0.254 e. The molecule has 2 N–H and O–H groups in total. The Hall–Kier alpha value is -2.14. The zero-order valence-electron chi connectivity index (χ0n) is 14.0. The van der Waals surface area contributed by atoms with Crippen molar-refractivity contribution in [2.45, 2.75) is 39.3 Å². The van der Waals surface area contributed by atoms with E-state index in [0.29, 0.717) is 6.54 Å². The summed E-state index contributed by atoms with van der Waals surface area (Å²) in [6, 6.07) is 7.74. The Balaban J connectivity index is 1.90. The summed E-state index contributed by atoms with van der Waals surface area (Å²) in [5.41, 5.74) is 10.8. The highest BCUT2D eigenvalue weighted by Gasteiger charge is 2.33. The number of benzene rings is 1. The molecule has 1 fully saturated rings. The Labute approximate surface area is 137 Å². The third-order valence-corrected chi connectivity index (χ3v) is 4.85. The summed E-state index contributed by atoms with van der Waals surface area (Å²) < 4.78 is 1.90. The van der Waals surface area contributed by atoms with Gasteiger partial charge in [-0.05, 0) is 44.4 Å². The third kappa shape index (κ3) is 2.77. The summed E-state index contributed by atoms with van der Waals surface area (Å²) in [6.07, 6.45) is 2.03. The maximum atomic E-state index is 12.9. The van der Waals surface area contributed by atoms with Crippen molar-refractivity contribution in [3.63, 3.8) is 0 Å². The molecule has 1 unspecified atom stereocenters. The molecule has 0 spiro atoms. The molecule has 3 rings (SSSR count). The van der Waals surface area contributed by atoms with Gasteiger partial charge in [0.15, 0.2) is 0 Å². The number of likely N-dealkylation sites (tertiary alicyclic amines) is 1. The number of carbonyl (C=O) groups is 1. The van der Waals surface area contributed by atoms with Crippen LogP contribution in [0.3, 0.4) is 0 Å². The van der Waals surface area contributed by atoms with Gasteiger partial charge in [-0.15, -0.1) is 0 Å². The molecule has 1 amide bonds. The normalized spacial score (nSPS) is 17.7. The summed E-state index contributed by atoms with van der Waals surface area (Å²) in [5, 5.41) is 4.51. The van der Waals surface area contributed by atoms with Crippen LogP contribution in [0.4, 0.5) is 0 Å². The highest BCUT2D eigenvalue weighted by atomic mass is 16.2. The van der Waals surface area contributed by atoms with Gasteiger partial charge in [-0.2, -0.15) is 5.10 Å². The van der Waals surface area contributed by atoms with Gasteiger partial charge in [0.1, 0.15) is 0 Å². The SMILES string of the molecule is Cc1nn(C)c(C)c1C1CCCN1C(=O)c1ccc(CN)cc1. The number of nitrogens with zero attached hydrogens (tertiary/aromatic N) is 3. The van der Waals surface area contributed by atoms with E-state index in [0.717, 1.165) is 41.9 Å². The zero-order chi connectivity index (χ0) is 16.6. The van der Waals surface area contributed by atoms with E-state index in [2.05, 4.69) is 12.0 Å². The minimum Gasteiger partial charge on any atom is -0.331 e. The van der Waals surface area contributed by atoms with Crippen LogP contribution in [0.1, 0.15) is 51.8 Å². The molecule has 2 heterocycles. The molecule has 0 radical (unpaired) electrons. The van der Waals surface area contributed by atoms with Crippen molar-refractivity contribution < 1.29 is 4.79 Å². The fourth-order valence-corrected chi connectivity index (χ4v) is 3.53. The van der Waals surface area contributed by atoms with Crippen LogP contribution < -0.4 is 5.73 Å². The fourth-order valence-electron chi connectivity index (χ4n) is 3.53. The topological polar surface area (TPSA) is 64.2 Å². The molecule has 1 saturated heterocycles. The van der Waals surface area contributed by atoms with Crippen molar-refractivity contribution in [2.24, 2.45) is 12.8 Å². The molecule has 23 heavy (non-hydrogen) atoms. The van der Waals surface area contributed by atoms with Gasteiger partial charge in [0, 0.05) is 37.0 Å². The molecular weight excluding hydrogens is 288 g/mol. The molecule has 5 heteroatoms. The van der Waals surface area contributed by atoms with E-state index < -0.39 is 0 Å². The molecule has 122 valence electrons. The highest BCUT2D eigenvalue weighted by Crippen LogP contribution is 2.36. The lowest BCUT2D eigenvalue weighted by Crippen LogP contribution is -2.31. The third-order valence-electron chi connectivity index (χ3n) is 4.85. The Bertz CT molecular complexity index is 717. The molecule has 1 aromatic heterocycles. The van der Waals surface area contributed by atoms with E-state index in [1.54, 1.807) is 0 Å². The molecule has 1 aliphatic rings. The lowest BCUT2D eigenvalue weighted by molar-refractivity contribution is 0.0735. The van der Waals surface area contributed by atoms with Gasteiger partial charge in [-0.1, -0.05) is 12.1 Å². The first kappa shape index (κ1) is 15.7. The molecule has 0 aliphatic carbocycles. The van der Waals surface area contributed by atoms with Crippen LogP contribution in [0.15, 0.2) is 24.3 Å². The number of amides is 1. The second kappa shape index (κ2) is 6.16. The van der Waals surface area contributed by atoms with E-state index >= 15 is 0 Å². The first-order chi connectivity index (χ1) is 11.0. The van der Waals surface area contributed by atoms with Crippen molar-refractivity contribution in [1.82, 2.24) is 14.7 Å². The average Bonchev–Trinajstić information content (AvgIpc) is 3.12. The molecule has 0 bridgehead atoms. The summed E-state index contributed by atoms with van der Waals surface area (Å²) in [4.78, 5) is 14.9. The molecule has 1 atom stereocenters. The average molecular weight is 312 g/mol. The maximum absolute atomic E-state index is 12.9. The molecule has 5 nitrogen and oxygen atoms in total. The van der Waals surface area contributed by atoms with Crippen LogP contribution in [0.5, 0.6) is 0 Å². The smallest absolute Gasteiger partial charge is 0.254 e. The van der Waals surface area contributed by atoms with Gasteiger partial charge < -0.3 is 10.6 Å². The van der Waals surface area contributed by atoms with Crippen molar-refractivity contribution >= 4 is 5.91 Å². The van der Waals surface area contributed by atoms with Gasteiger partial charge in [-0.3, -0.25) is 9.48 Å². The molecule has 0 saturated carbocycles. The lowest BCUT2D eigenvalue weighted by Gasteiger charge is -2.25. The van der Waals surface area contributed by atoms with Crippen LogP contribution >= 0.6 is 0 Å². The standard InChI is InChI=1S/C18H24N4O/c1-12-17(13(2)21(3)20-12)16-5-4-10-22(16)18(23)15-8-6-14(11-19)7-9-15/h6-9,16H,4-5,10-11,19H2,1-3H3. The predicted molar refractivity (Wildman–Crippen MR) is 90.0 cm³/mol. The van der Waals surface area contributed by atoms with Crippen LogP contribution in [-0.4, -0.2) is 27.1 Å². The number of aryl methyl sites for hydroxylation is 2. The summed E-state index contributed by atoms with van der Waals surface area (Å²) in [5.74, 6) is 0.0960. The number of aromatic nitrogens is 2. The van der Waals surface area contributed by atoms with E-state index in [4.69, 9.17) is 5.73 Å². The van der Waals surface area contributed by atoms with E-state index in [-0.39, 0.29) is 11.9 Å². The summed E-state index contributed by atoms with van der Waals surface area (Å²) in [6.45, 7) is 5.40. The van der Waals surface area contributed by atoms with Crippen LogP contribution in [0, 0.1) is 13.8 Å². The van der Waals surface area contributed by atoms with Crippen molar-refractivity contribution in [3.05, 3.63) is 52.3 Å². The monoisotopic (exact) mass is 312 g/mol. The van der Waals surface area contributed by atoms with Gasteiger partial charge in [-0.25, -0.2) is 0 Å². The Morgan fingerprint density at radius 3 is 2.57 bits per heavy atom. The van der Waals surface area contributed by atoms with Crippen molar-refractivity contribution in [3.8, 4) is 0 Å². The first-order valence-corrected chi connectivity index (χ1v) is 8.13. The minimum absolute atomic E-state index is 0.0960. The van der Waals surface area contributed by atoms with Crippen LogP contribution in [0.2, 0.25) is 0 Å². The second-order valence-corrected chi connectivity index (χ2v) is 6.27. The lowest BCUT2D eigenvalue weighted by atomic mass is 10.0. The number of carbonyl (C=O) groups excluding carboxylic acids is 1. The number of hydrogen-bond acceptors (Lipinski definition) is 3. The summed E-state index contributed by atoms with van der Waals surface area (Å²) >= 11 is 0. The zero-order valence-corrected chi connectivity index (χ0v) is 14.0. The number of rotatable bonds is 3. The van der Waals surface area contributed by atoms with E-state index in [1.165, 1.54) is 5.56 Å². The summed E-state index contributed by atoms with van der Waals surface area (Å²) in [7, 11) is 1.96. The van der Waals surface area contributed by atoms with Gasteiger partial charge >= 0.3 is 0 Å². The predicted octanol–water partition coefficient (Wildman–Crippen LogP) is 2.47. The molecule has 1 aliphatic heterocycles. The van der Waals surface area contributed by atoms with Gasteiger partial charge in [0.25, 0.3) is 5.91 Å². The van der Waals surface area contributed by atoms with Crippen molar-refractivity contribution in [1.29, 1.82) is 0 Å². The van der Waals surface area contributed by atoms with Gasteiger partial charge in [0.2, 0.25) is 0 Å². The quantitative estimate of drug-likeness (QED) is 0.947. The fraction of sp³-hybridized carbons (Fsp3) is 0.444. The number of hydrogen-bond donors (Lipinski definition) is 1. The van der Waals surface area contributed by atoms with Crippen LogP contribution in [0.25, 0.3) is 0 Å². The Morgan fingerprint density at radius 2 is 2.00 bits per heavy atom. The Morgan fingerprint density at radius 1 is 1.30 bits per heavy atom. The minimum atomic E-state index is 0.0960. The number of nitrogens with two attached hydrogens (primary N) is 1. The van der Waals surface area contributed by atoms with Crippen LogP contribution in [-0.2, 0) is 13.6 Å². The first-order valence-electron chi connectivity index (χ1n) is 8.13. The largest absolute Gasteiger partial charge is 0.331 e. The van der Waals surface area contributed by atoms with E-state index in [9.17, 15) is 4.79 Å². The molecular formula is C18H24N4O. The van der Waals surface area contributed by atoms with E-state index in [1.807, 2.05) is 47.8 Å². The van der Waals surface area contributed by atoms with Gasteiger partial charge in [0.05, 0.1) is 11.7 Å². The Kier molecular flexibility index (Phi) is 4.22. The highest BCUT2D eigenvalue weighted by molar-refractivity contribution is 5.94. The second-order valence-electron chi connectivity index (χ2n) is 6.27. The molecule has 1 aromatic carbocycles. The van der Waals surface area contributed by atoms with Crippen molar-refractivity contribution in [2.75, 3.05) is 6.54 Å². The molecule has 2 aromatic rings.